The third-order valence-corrected chi connectivity index (χ3v) is 1.75. The molecular formula is C6H7O2PZn. The van der Waals surface area contributed by atoms with Crippen LogP contribution in [-0.2, 0) is 19.5 Å². The summed E-state index contributed by atoms with van der Waals surface area (Å²) in [6, 6.07) is 8.76. The van der Waals surface area contributed by atoms with Crippen molar-refractivity contribution in [1.82, 2.24) is 0 Å². The van der Waals surface area contributed by atoms with Crippen LogP contribution in [-0.4, -0.2) is 9.79 Å². The van der Waals surface area contributed by atoms with Crippen molar-refractivity contribution in [2.24, 2.45) is 0 Å². The molecule has 0 aliphatic rings. The molecule has 0 aromatic heterocycles. The second-order valence-electron chi connectivity index (χ2n) is 1.62. The molecule has 0 aliphatic heterocycles. The fourth-order valence-electron chi connectivity index (χ4n) is 0.561. The van der Waals surface area contributed by atoms with Crippen molar-refractivity contribution in [3.8, 4) is 0 Å². The largest absolute Gasteiger partial charge is 0.347 e. The van der Waals surface area contributed by atoms with Gasteiger partial charge in [0, 0.05) is 24.8 Å². The molecule has 10 heavy (non-hydrogen) atoms. The van der Waals surface area contributed by atoms with Crippen LogP contribution in [0.2, 0.25) is 0 Å². The van der Waals surface area contributed by atoms with Crippen molar-refractivity contribution in [2.45, 2.75) is 0 Å². The summed E-state index contributed by atoms with van der Waals surface area (Å²) in [7, 11) is -1.90. The Balaban J connectivity index is 0.000000810. The Labute approximate surface area is 73.6 Å². The normalized spacial score (nSPS) is 9.10. The van der Waals surface area contributed by atoms with E-state index in [4.69, 9.17) is 9.79 Å². The Morgan fingerprint density at radius 1 is 1.00 bits per heavy atom. The first-order valence-corrected chi connectivity index (χ1v) is 3.78. The summed E-state index contributed by atoms with van der Waals surface area (Å²) in [6.07, 6.45) is 0. The topological polar surface area (TPSA) is 40.5 Å². The molecule has 0 bridgehead atoms. The van der Waals surface area contributed by atoms with Gasteiger partial charge in [0.2, 0.25) is 0 Å². The molecule has 1 aromatic rings. The molecule has 0 aliphatic carbocycles. The van der Waals surface area contributed by atoms with E-state index in [2.05, 4.69) is 0 Å². The van der Waals surface area contributed by atoms with Gasteiger partial charge in [0.15, 0.2) is 8.38 Å². The first-order valence-electron chi connectivity index (χ1n) is 2.53. The molecule has 0 spiro atoms. The quantitative estimate of drug-likeness (QED) is 0.523. The van der Waals surface area contributed by atoms with Gasteiger partial charge in [-0.2, -0.15) is 0 Å². The van der Waals surface area contributed by atoms with Gasteiger partial charge in [-0.1, -0.05) is 18.2 Å². The van der Waals surface area contributed by atoms with Gasteiger partial charge in [-0.05, 0) is 12.1 Å². The first-order chi connectivity index (χ1) is 4.30. The van der Waals surface area contributed by atoms with Crippen LogP contribution in [0.15, 0.2) is 30.3 Å². The maximum atomic E-state index is 8.64. The van der Waals surface area contributed by atoms with Crippen molar-refractivity contribution in [1.29, 1.82) is 0 Å². The Morgan fingerprint density at radius 3 is 1.80 bits per heavy atom. The number of benzene rings is 1. The van der Waals surface area contributed by atoms with Gasteiger partial charge < -0.3 is 9.79 Å². The molecular weight excluding hydrogens is 200 g/mol. The smallest absolute Gasteiger partial charge is 0.199 e. The molecule has 4 heteroatoms. The number of hydrogen-bond acceptors (Lipinski definition) is 2. The zero-order valence-electron chi connectivity index (χ0n) is 5.44. The zero-order valence-corrected chi connectivity index (χ0v) is 9.30. The van der Waals surface area contributed by atoms with Crippen molar-refractivity contribution >= 4 is 13.7 Å². The van der Waals surface area contributed by atoms with Gasteiger partial charge in [-0.15, -0.1) is 0 Å². The summed E-state index contributed by atoms with van der Waals surface area (Å²) in [4.78, 5) is 17.3. The third kappa shape index (κ3) is 2.85. The van der Waals surface area contributed by atoms with E-state index >= 15 is 0 Å². The second-order valence-corrected chi connectivity index (χ2v) is 2.72. The van der Waals surface area contributed by atoms with Gasteiger partial charge in [0.05, 0.1) is 0 Å². The SMILES string of the molecule is OP(O)c1ccccc1.[Zn]. The molecule has 0 saturated carbocycles. The van der Waals surface area contributed by atoms with Crippen molar-refractivity contribution < 1.29 is 29.3 Å². The van der Waals surface area contributed by atoms with Crippen molar-refractivity contribution in [2.75, 3.05) is 0 Å². The summed E-state index contributed by atoms with van der Waals surface area (Å²) < 4.78 is 0. The fraction of sp³-hybridized carbons (Fsp3) is 0. The van der Waals surface area contributed by atoms with E-state index in [1.807, 2.05) is 6.07 Å². The van der Waals surface area contributed by atoms with E-state index in [-0.39, 0.29) is 19.5 Å². The van der Waals surface area contributed by atoms with Crippen LogP contribution in [0.3, 0.4) is 0 Å². The fourth-order valence-corrected chi connectivity index (χ4v) is 1.00. The molecule has 0 heterocycles. The zero-order chi connectivity index (χ0) is 6.69. The van der Waals surface area contributed by atoms with Crippen LogP contribution in [0.4, 0.5) is 0 Å². The Bertz CT molecular complexity index is 178. The third-order valence-electron chi connectivity index (χ3n) is 0.987. The van der Waals surface area contributed by atoms with Gasteiger partial charge >= 0.3 is 0 Å². The minimum atomic E-state index is -1.90. The summed E-state index contributed by atoms with van der Waals surface area (Å²) in [5.74, 6) is 0. The second kappa shape index (κ2) is 4.93. The molecule has 50 valence electrons. The van der Waals surface area contributed by atoms with E-state index in [1.54, 1.807) is 24.3 Å². The minimum Gasteiger partial charge on any atom is -0.347 e. The number of rotatable bonds is 1. The average Bonchev–Trinajstić information content (AvgIpc) is 1.90. The molecule has 1 aromatic carbocycles. The minimum absolute atomic E-state index is 0. The molecule has 2 nitrogen and oxygen atoms in total. The molecule has 1 rings (SSSR count). The molecule has 0 fully saturated rings. The molecule has 0 unspecified atom stereocenters. The Morgan fingerprint density at radius 2 is 1.50 bits per heavy atom. The molecule has 0 atom stereocenters. The van der Waals surface area contributed by atoms with E-state index in [1.165, 1.54) is 0 Å². The van der Waals surface area contributed by atoms with Crippen LogP contribution in [0.25, 0.3) is 0 Å². The summed E-state index contributed by atoms with van der Waals surface area (Å²) in [6.45, 7) is 0. The summed E-state index contributed by atoms with van der Waals surface area (Å²) in [5, 5.41) is 0.590. The van der Waals surface area contributed by atoms with Crippen molar-refractivity contribution in [3.05, 3.63) is 30.3 Å². The van der Waals surface area contributed by atoms with Gasteiger partial charge in [0.1, 0.15) is 0 Å². The van der Waals surface area contributed by atoms with E-state index < -0.39 is 8.38 Å². The monoisotopic (exact) mass is 206 g/mol. The van der Waals surface area contributed by atoms with E-state index in [0.717, 1.165) is 0 Å². The average molecular weight is 207 g/mol. The van der Waals surface area contributed by atoms with Gasteiger partial charge in [-0.3, -0.25) is 0 Å². The first kappa shape index (κ1) is 10.2. The predicted molar refractivity (Wildman–Crippen MR) is 37.4 cm³/mol. The number of hydrogen-bond donors (Lipinski definition) is 2. The molecule has 0 radical (unpaired) electrons. The summed E-state index contributed by atoms with van der Waals surface area (Å²) in [5.41, 5.74) is 0. The molecule has 0 amide bonds. The van der Waals surface area contributed by atoms with Crippen LogP contribution in [0.5, 0.6) is 0 Å². The molecule has 0 saturated heterocycles. The van der Waals surface area contributed by atoms with Crippen LogP contribution >= 0.6 is 8.38 Å². The Hall–Kier alpha value is 0.193. The maximum Gasteiger partial charge on any atom is 0.199 e. The van der Waals surface area contributed by atoms with E-state index in [9.17, 15) is 0 Å². The van der Waals surface area contributed by atoms with Gasteiger partial charge in [-0.25, -0.2) is 0 Å². The maximum absolute atomic E-state index is 8.64. The van der Waals surface area contributed by atoms with Gasteiger partial charge in [0.25, 0.3) is 0 Å². The van der Waals surface area contributed by atoms with Crippen LogP contribution in [0, 0.1) is 0 Å². The summed E-state index contributed by atoms with van der Waals surface area (Å²) >= 11 is 0. The van der Waals surface area contributed by atoms with Crippen molar-refractivity contribution in [3.63, 3.8) is 0 Å². The van der Waals surface area contributed by atoms with Crippen LogP contribution in [0.1, 0.15) is 0 Å². The molecule has 2 N–H and O–H groups in total. The van der Waals surface area contributed by atoms with Crippen LogP contribution < -0.4 is 5.30 Å². The van der Waals surface area contributed by atoms with E-state index in [0.29, 0.717) is 5.30 Å². The Kier molecular flexibility index (Phi) is 5.02. The standard InChI is InChI=1S/C6H7O2P.Zn/c7-9(8)6-4-2-1-3-5-6;/h1-5,7-8H;. The predicted octanol–water partition coefficient (Wildman–Crippen LogP) is 0.606.